The summed E-state index contributed by atoms with van der Waals surface area (Å²) in [7, 11) is 1.90. The summed E-state index contributed by atoms with van der Waals surface area (Å²) in [4.78, 5) is 2.03. The lowest BCUT2D eigenvalue weighted by atomic mass is 9.92. The van der Waals surface area contributed by atoms with Gasteiger partial charge in [0.25, 0.3) is 0 Å². The molecule has 2 N–H and O–H groups in total. The van der Waals surface area contributed by atoms with Crippen LogP contribution in [0.4, 0.5) is 13.2 Å². The molecule has 1 aromatic rings. The van der Waals surface area contributed by atoms with Crippen molar-refractivity contribution in [2.75, 3.05) is 13.6 Å². The number of nitrogens with zero attached hydrogens (tertiary/aromatic N) is 1. The summed E-state index contributed by atoms with van der Waals surface area (Å²) in [6.07, 6.45) is -4.34. The number of rotatable bonds is 7. The van der Waals surface area contributed by atoms with Gasteiger partial charge in [-0.05, 0) is 38.4 Å². The predicted octanol–water partition coefficient (Wildman–Crippen LogP) is 4.33. The fourth-order valence-corrected chi connectivity index (χ4v) is 2.60. The minimum Gasteiger partial charge on any atom is -0.329 e. The quantitative estimate of drug-likeness (QED) is 0.777. The van der Waals surface area contributed by atoms with E-state index in [1.165, 1.54) is 0 Å². The normalized spacial score (nSPS) is 15.2. The molecule has 0 bridgehead atoms. The Morgan fingerprint density at radius 1 is 1.19 bits per heavy atom. The minimum atomic E-state index is -4.10. The molecule has 6 heteroatoms. The van der Waals surface area contributed by atoms with Crippen molar-refractivity contribution < 1.29 is 13.2 Å². The van der Waals surface area contributed by atoms with Gasteiger partial charge in [-0.15, -0.1) is 0 Å². The first-order chi connectivity index (χ1) is 9.68. The molecule has 1 aromatic carbocycles. The molecular weight excluding hydrogens is 345 g/mol. The van der Waals surface area contributed by atoms with Crippen LogP contribution < -0.4 is 5.73 Å². The Bertz CT molecular complexity index is 451. The molecule has 0 amide bonds. The first kappa shape index (κ1) is 18.5. The Morgan fingerprint density at radius 3 is 2.33 bits per heavy atom. The smallest absolute Gasteiger partial charge is 0.329 e. The monoisotopic (exact) mass is 366 g/mol. The van der Waals surface area contributed by atoms with Crippen molar-refractivity contribution in [3.8, 4) is 0 Å². The number of alkyl halides is 3. The lowest BCUT2D eigenvalue weighted by Gasteiger charge is -2.38. The van der Waals surface area contributed by atoms with Gasteiger partial charge in [0.1, 0.15) is 0 Å². The maximum atomic E-state index is 12.3. The summed E-state index contributed by atoms with van der Waals surface area (Å²) < 4.78 is 37.8. The molecule has 1 rings (SSSR count). The van der Waals surface area contributed by atoms with Gasteiger partial charge >= 0.3 is 6.18 Å². The Balaban J connectivity index is 2.67. The fourth-order valence-electron chi connectivity index (χ4n) is 2.19. The van der Waals surface area contributed by atoms with E-state index in [4.69, 9.17) is 5.73 Å². The van der Waals surface area contributed by atoms with Gasteiger partial charge in [-0.1, -0.05) is 34.1 Å². The molecule has 0 aromatic heterocycles. The van der Waals surface area contributed by atoms with Crippen LogP contribution in [-0.4, -0.2) is 30.2 Å². The molecule has 120 valence electrons. The third-order valence-electron chi connectivity index (χ3n) is 3.90. The van der Waals surface area contributed by atoms with Gasteiger partial charge in [0.2, 0.25) is 0 Å². The summed E-state index contributed by atoms with van der Waals surface area (Å²) in [5, 5.41) is 0. The van der Waals surface area contributed by atoms with Gasteiger partial charge in [0.15, 0.2) is 0 Å². The van der Waals surface area contributed by atoms with Crippen LogP contribution in [0.3, 0.4) is 0 Å². The number of benzene rings is 1. The molecule has 0 fully saturated rings. The average molecular weight is 367 g/mol. The molecule has 1 atom stereocenters. The molecular formula is C15H22BrF3N2. The Hall–Kier alpha value is -0.590. The second-order valence-electron chi connectivity index (χ2n) is 5.62. The van der Waals surface area contributed by atoms with E-state index in [1.807, 2.05) is 43.1 Å². The number of hydrogen-bond acceptors (Lipinski definition) is 2. The molecule has 0 aliphatic heterocycles. The van der Waals surface area contributed by atoms with Crippen LogP contribution >= 0.6 is 15.9 Å². The van der Waals surface area contributed by atoms with Crippen LogP contribution in [0.25, 0.3) is 0 Å². The zero-order chi connectivity index (χ0) is 16.1. The van der Waals surface area contributed by atoms with E-state index < -0.39 is 18.1 Å². The fraction of sp³-hybridized carbons (Fsp3) is 0.600. The zero-order valence-corrected chi connectivity index (χ0v) is 14.0. The van der Waals surface area contributed by atoms with E-state index in [2.05, 4.69) is 15.9 Å². The van der Waals surface area contributed by atoms with E-state index in [0.717, 1.165) is 10.0 Å². The van der Waals surface area contributed by atoms with Crippen LogP contribution in [0, 0.1) is 0 Å². The SMILES string of the molecule is CN(Cc1ccccc1Br)C(C)(CN)CCCC(F)(F)F. The van der Waals surface area contributed by atoms with Gasteiger partial charge in [-0.25, -0.2) is 0 Å². The molecule has 2 nitrogen and oxygen atoms in total. The van der Waals surface area contributed by atoms with Crippen LogP contribution in [0.15, 0.2) is 28.7 Å². The van der Waals surface area contributed by atoms with Crippen molar-refractivity contribution in [1.82, 2.24) is 4.90 Å². The minimum absolute atomic E-state index is 0.0947. The largest absolute Gasteiger partial charge is 0.389 e. The first-order valence-corrected chi connectivity index (χ1v) is 7.69. The first-order valence-electron chi connectivity index (χ1n) is 6.89. The Labute approximate surface area is 132 Å². The molecule has 0 heterocycles. The van der Waals surface area contributed by atoms with Gasteiger partial charge < -0.3 is 5.73 Å². The topological polar surface area (TPSA) is 29.3 Å². The summed E-state index contributed by atoms with van der Waals surface area (Å²) in [5.41, 5.74) is 6.46. The third kappa shape index (κ3) is 5.96. The second kappa shape index (κ2) is 7.61. The summed E-state index contributed by atoms with van der Waals surface area (Å²) in [6.45, 7) is 2.88. The van der Waals surface area contributed by atoms with Gasteiger partial charge in [-0.2, -0.15) is 13.2 Å². The van der Waals surface area contributed by atoms with E-state index in [-0.39, 0.29) is 6.42 Å². The maximum absolute atomic E-state index is 12.3. The second-order valence-corrected chi connectivity index (χ2v) is 6.47. The lowest BCUT2D eigenvalue weighted by molar-refractivity contribution is -0.136. The van der Waals surface area contributed by atoms with Crippen molar-refractivity contribution in [3.05, 3.63) is 34.3 Å². The highest BCUT2D eigenvalue weighted by atomic mass is 79.9. The number of hydrogen-bond donors (Lipinski definition) is 1. The van der Waals surface area contributed by atoms with E-state index >= 15 is 0 Å². The lowest BCUT2D eigenvalue weighted by Crippen LogP contribution is -2.49. The molecule has 1 unspecified atom stereocenters. The van der Waals surface area contributed by atoms with Gasteiger partial charge in [-0.3, -0.25) is 4.90 Å². The molecule has 0 radical (unpaired) electrons. The van der Waals surface area contributed by atoms with Crippen LogP contribution in [-0.2, 0) is 6.54 Å². The highest BCUT2D eigenvalue weighted by molar-refractivity contribution is 9.10. The molecule has 0 saturated heterocycles. The molecule has 0 spiro atoms. The van der Waals surface area contributed by atoms with Crippen LogP contribution in [0.5, 0.6) is 0 Å². The molecule has 0 saturated carbocycles. The Morgan fingerprint density at radius 2 is 1.81 bits per heavy atom. The van der Waals surface area contributed by atoms with Gasteiger partial charge in [0, 0.05) is 29.5 Å². The van der Waals surface area contributed by atoms with Crippen molar-refractivity contribution in [1.29, 1.82) is 0 Å². The van der Waals surface area contributed by atoms with E-state index in [1.54, 1.807) is 0 Å². The Kier molecular flexibility index (Phi) is 6.69. The van der Waals surface area contributed by atoms with Gasteiger partial charge in [0.05, 0.1) is 0 Å². The molecule has 21 heavy (non-hydrogen) atoms. The predicted molar refractivity (Wildman–Crippen MR) is 83.0 cm³/mol. The van der Waals surface area contributed by atoms with Crippen molar-refractivity contribution in [3.63, 3.8) is 0 Å². The summed E-state index contributed by atoms with van der Waals surface area (Å²) in [5.74, 6) is 0. The third-order valence-corrected chi connectivity index (χ3v) is 4.68. The number of likely N-dealkylation sites (N-methyl/N-ethyl adjacent to an activating group) is 1. The average Bonchev–Trinajstić information content (AvgIpc) is 2.39. The van der Waals surface area contributed by atoms with Crippen LogP contribution in [0.1, 0.15) is 31.7 Å². The highest BCUT2D eigenvalue weighted by Crippen LogP contribution is 2.28. The molecule has 0 aliphatic carbocycles. The maximum Gasteiger partial charge on any atom is 0.389 e. The standard InChI is InChI=1S/C15H22BrF3N2/c1-14(11-20,8-5-9-15(17,18)19)21(2)10-12-6-3-4-7-13(12)16/h3-4,6-7H,5,8-11,20H2,1-2H3. The zero-order valence-electron chi connectivity index (χ0n) is 12.4. The summed E-state index contributed by atoms with van der Waals surface area (Å²) in [6, 6.07) is 7.82. The number of nitrogens with two attached hydrogens (primary N) is 1. The summed E-state index contributed by atoms with van der Waals surface area (Å²) >= 11 is 3.49. The van der Waals surface area contributed by atoms with E-state index in [9.17, 15) is 13.2 Å². The highest BCUT2D eigenvalue weighted by Gasteiger charge is 2.31. The van der Waals surface area contributed by atoms with Crippen LogP contribution in [0.2, 0.25) is 0 Å². The number of halogens is 4. The van der Waals surface area contributed by atoms with E-state index in [0.29, 0.717) is 19.5 Å². The molecule has 0 aliphatic rings. The van der Waals surface area contributed by atoms with Crippen molar-refractivity contribution in [2.45, 2.75) is 44.4 Å². The van der Waals surface area contributed by atoms with Crippen molar-refractivity contribution >= 4 is 15.9 Å². The van der Waals surface area contributed by atoms with Crippen molar-refractivity contribution in [2.24, 2.45) is 5.73 Å².